The lowest BCUT2D eigenvalue weighted by molar-refractivity contribution is 0.250. The van der Waals surface area contributed by atoms with E-state index in [4.69, 9.17) is 17.1 Å². The first-order chi connectivity index (χ1) is 9.30. The Morgan fingerprint density at radius 2 is 1.29 bits per heavy atom. The van der Waals surface area contributed by atoms with Crippen LogP contribution in [0.4, 0.5) is 0 Å². The Kier molecular flexibility index (Phi) is 7.99. The van der Waals surface area contributed by atoms with E-state index in [1.807, 2.05) is 5.70 Å². The average molecular weight is 367 g/mol. The summed E-state index contributed by atoms with van der Waals surface area (Å²) in [5.41, 5.74) is 1.97. The lowest BCUT2D eigenvalue weighted by atomic mass is 10.9. The Bertz CT molecular complexity index is 341. The van der Waals surface area contributed by atoms with Gasteiger partial charge in [0.2, 0.25) is 0 Å². The van der Waals surface area contributed by atoms with Gasteiger partial charge < -0.3 is 17.1 Å². The minimum Gasteiger partial charge on any atom is -0.437 e. The van der Waals surface area contributed by atoms with Crippen LogP contribution in [0.3, 0.4) is 0 Å². The van der Waals surface area contributed by atoms with Gasteiger partial charge in [-0.05, 0) is 57.9 Å². The third kappa shape index (κ3) is 8.60. The summed E-state index contributed by atoms with van der Waals surface area (Å²) in [5, 5.41) is 0. The molecule has 126 valence electrons. The monoisotopic (exact) mass is 366 g/mol. The van der Waals surface area contributed by atoms with Crippen molar-refractivity contribution in [3.63, 3.8) is 0 Å². The summed E-state index contributed by atoms with van der Waals surface area (Å²) in [6.07, 6.45) is 0. The number of hydrogen-bond donors (Lipinski definition) is 0. The maximum Gasteiger partial charge on any atom is 0.334 e. The van der Waals surface area contributed by atoms with Gasteiger partial charge in [0, 0.05) is 14.2 Å². The van der Waals surface area contributed by atoms with Crippen molar-refractivity contribution >= 4 is 33.8 Å². The SMILES string of the molecule is C=C[Si](C)(C)O[Si](C)(C)O[Si](C)(C)CC[Si](C)(OC)OC. The molecule has 0 aromatic rings. The molecular weight excluding hydrogens is 332 g/mol. The van der Waals surface area contributed by atoms with E-state index >= 15 is 0 Å². The fourth-order valence-electron chi connectivity index (χ4n) is 2.23. The van der Waals surface area contributed by atoms with Gasteiger partial charge in [-0.2, -0.15) is 0 Å². The molecule has 8 heteroatoms. The van der Waals surface area contributed by atoms with Gasteiger partial charge in [-0.3, -0.25) is 0 Å². The highest BCUT2D eigenvalue weighted by molar-refractivity contribution is 6.89. The molecule has 0 aliphatic rings. The van der Waals surface area contributed by atoms with E-state index < -0.39 is 33.8 Å². The molecule has 0 heterocycles. The van der Waals surface area contributed by atoms with Gasteiger partial charge in [-0.25, -0.2) is 0 Å². The largest absolute Gasteiger partial charge is 0.437 e. The lowest BCUT2D eigenvalue weighted by Gasteiger charge is -2.38. The number of hydrogen-bond acceptors (Lipinski definition) is 4. The third-order valence-electron chi connectivity index (χ3n) is 3.57. The molecule has 0 saturated carbocycles. The fourth-order valence-corrected chi connectivity index (χ4v) is 18.7. The predicted octanol–water partition coefficient (Wildman–Crippen LogP) is 4.22. The van der Waals surface area contributed by atoms with Crippen LogP contribution in [0.1, 0.15) is 0 Å². The number of rotatable bonds is 10. The van der Waals surface area contributed by atoms with Crippen LogP contribution in [0.15, 0.2) is 12.3 Å². The molecule has 0 bridgehead atoms. The normalized spacial score (nSPS) is 14.3. The zero-order chi connectivity index (χ0) is 16.9. The summed E-state index contributed by atoms with van der Waals surface area (Å²) in [6.45, 7) is 19.1. The van der Waals surface area contributed by atoms with Crippen LogP contribution >= 0.6 is 0 Å². The zero-order valence-electron chi connectivity index (χ0n) is 15.3. The molecule has 0 spiro atoms. The second kappa shape index (κ2) is 7.82. The molecule has 0 aromatic carbocycles. The van der Waals surface area contributed by atoms with Crippen molar-refractivity contribution in [2.45, 2.75) is 57.9 Å². The molecule has 0 aliphatic heterocycles. The molecule has 0 unspecified atom stereocenters. The van der Waals surface area contributed by atoms with E-state index in [1.165, 1.54) is 0 Å². The Morgan fingerprint density at radius 1 is 0.810 bits per heavy atom. The maximum atomic E-state index is 6.50. The van der Waals surface area contributed by atoms with Gasteiger partial charge in [0.1, 0.15) is 0 Å². The quantitative estimate of drug-likeness (QED) is 0.542. The lowest BCUT2D eigenvalue weighted by Crippen LogP contribution is -2.52. The van der Waals surface area contributed by atoms with Crippen LogP contribution in [0.5, 0.6) is 0 Å². The smallest absolute Gasteiger partial charge is 0.334 e. The first-order valence-corrected chi connectivity index (χ1v) is 18.9. The van der Waals surface area contributed by atoms with Gasteiger partial charge in [-0.1, -0.05) is 5.70 Å². The van der Waals surface area contributed by atoms with E-state index in [-0.39, 0.29) is 0 Å². The van der Waals surface area contributed by atoms with E-state index in [9.17, 15) is 0 Å². The molecule has 0 aromatic heterocycles. The third-order valence-corrected chi connectivity index (χ3v) is 17.6. The molecule has 0 N–H and O–H groups in total. The van der Waals surface area contributed by atoms with Gasteiger partial charge in [0.15, 0.2) is 16.6 Å². The molecular formula is C13H34O4Si4. The van der Waals surface area contributed by atoms with E-state index in [0.717, 1.165) is 12.1 Å². The van der Waals surface area contributed by atoms with Crippen molar-refractivity contribution in [2.24, 2.45) is 0 Å². The molecule has 21 heavy (non-hydrogen) atoms. The van der Waals surface area contributed by atoms with Crippen LogP contribution in [-0.4, -0.2) is 48.0 Å². The van der Waals surface area contributed by atoms with Crippen molar-refractivity contribution in [3.8, 4) is 0 Å². The van der Waals surface area contributed by atoms with Gasteiger partial charge in [0.25, 0.3) is 0 Å². The molecule has 0 atom stereocenters. The van der Waals surface area contributed by atoms with Crippen molar-refractivity contribution in [2.75, 3.05) is 14.2 Å². The molecule has 0 saturated heterocycles. The molecule has 0 radical (unpaired) electrons. The van der Waals surface area contributed by atoms with Crippen LogP contribution in [0, 0.1) is 0 Å². The minimum atomic E-state index is -2.13. The van der Waals surface area contributed by atoms with Crippen molar-refractivity contribution in [1.29, 1.82) is 0 Å². The van der Waals surface area contributed by atoms with E-state index in [0.29, 0.717) is 0 Å². The highest BCUT2D eigenvalue weighted by atomic mass is 28.5. The summed E-state index contributed by atoms with van der Waals surface area (Å²) in [4.78, 5) is 0. The summed E-state index contributed by atoms with van der Waals surface area (Å²) in [5.74, 6) is 0. The first-order valence-electron chi connectivity index (χ1n) is 7.45. The highest BCUT2D eigenvalue weighted by Gasteiger charge is 2.40. The van der Waals surface area contributed by atoms with Crippen LogP contribution in [-0.2, 0) is 17.1 Å². The Morgan fingerprint density at radius 3 is 1.67 bits per heavy atom. The summed E-state index contributed by atoms with van der Waals surface area (Å²) >= 11 is 0. The summed E-state index contributed by atoms with van der Waals surface area (Å²) < 4.78 is 24.0. The topological polar surface area (TPSA) is 36.9 Å². The van der Waals surface area contributed by atoms with E-state index in [2.05, 4.69) is 52.4 Å². The maximum absolute atomic E-state index is 6.50. The van der Waals surface area contributed by atoms with Crippen LogP contribution < -0.4 is 0 Å². The second-order valence-electron chi connectivity index (χ2n) is 7.21. The fraction of sp³-hybridized carbons (Fsp3) is 0.846. The minimum absolute atomic E-state index is 0.964. The van der Waals surface area contributed by atoms with E-state index in [1.54, 1.807) is 14.2 Å². The van der Waals surface area contributed by atoms with Crippen molar-refractivity contribution < 1.29 is 17.1 Å². The zero-order valence-corrected chi connectivity index (χ0v) is 19.3. The van der Waals surface area contributed by atoms with Crippen LogP contribution in [0.2, 0.25) is 57.9 Å². The van der Waals surface area contributed by atoms with Gasteiger partial charge in [-0.15, -0.1) is 6.58 Å². The first kappa shape index (κ1) is 21.4. The predicted molar refractivity (Wildman–Crippen MR) is 100 cm³/mol. The highest BCUT2D eigenvalue weighted by Crippen LogP contribution is 2.27. The summed E-state index contributed by atoms with van der Waals surface area (Å²) in [7, 11) is -4.26. The van der Waals surface area contributed by atoms with Crippen molar-refractivity contribution in [3.05, 3.63) is 12.3 Å². The van der Waals surface area contributed by atoms with Crippen molar-refractivity contribution in [1.82, 2.24) is 0 Å². The summed E-state index contributed by atoms with van der Waals surface area (Å²) in [6, 6.07) is 2.00. The molecule has 0 rings (SSSR count). The Balaban J connectivity index is 4.68. The van der Waals surface area contributed by atoms with Gasteiger partial charge >= 0.3 is 17.1 Å². The standard InChI is InChI=1S/C13H34O4Si4/c1-11-18(4,5)16-20(8,9)17-19(6,7)12-13-21(10,14-2)15-3/h11H,1,12-13H2,2-10H3. The Labute approximate surface area is 135 Å². The average Bonchev–Trinajstić information content (AvgIpc) is 2.33. The molecule has 0 fully saturated rings. The second-order valence-corrected chi connectivity index (χ2v) is 22.9. The van der Waals surface area contributed by atoms with Gasteiger partial charge in [0.05, 0.1) is 0 Å². The molecule has 0 aliphatic carbocycles. The molecule has 0 amide bonds. The molecule has 4 nitrogen and oxygen atoms in total. The van der Waals surface area contributed by atoms with Crippen LogP contribution in [0.25, 0.3) is 0 Å². The Hall–Kier alpha value is 0.448.